The number of thiazole rings is 2. The van der Waals surface area contributed by atoms with Gasteiger partial charge in [0.1, 0.15) is 48.4 Å². The molecule has 0 spiro atoms. The molecule has 20 nitrogen and oxygen atoms in total. The van der Waals surface area contributed by atoms with Crippen molar-refractivity contribution in [3.8, 4) is 0 Å². The van der Waals surface area contributed by atoms with Gasteiger partial charge in [-0.05, 0) is 12.2 Å². The molecule has 2 aromatic heterocycles. The average molecular weight is 811 g/mol. The Labute approximate surface area is 354 Å². The molecule has 0 bridgehead atoms. The van der Waals surface area contributed by atoms with Gasteiger partial charge in [-0.1, -0.05) is 10.3 Å². The van der Waals surface area contributed by atoms with E-state index in [1.54, 1.807) is 0 Å². The zero-order valence-electron chi connectivity index (χ0n) is 27.6. The van der Waals surface area contributed by atoms with Crippen molar-refractivity contribution in [2.75, 3.05) is 37.2 Å². The van der Waals surface area contributed by atoms with Crippen molar-refractivity contribution >= 4 is 103 Å². The monoisotopic (exact) mass is 810 g/mol. The fourth-order valence-electron chi connectivity index (χ4n) is 4.86. The van der Waals surface area contributed by atoms with Gasteiger partial charge in [0.15, 0.2) is 21.7 Å². The summed E-state index contributed by atoms with van der Waals surface area (Å²) in [6.45, 7) is 0. The summed E-state index contributed by atoms with van der Waals surface area (Å²) in [6.07, 6.45) is 2.81. The second-order valence-corrected chi connectivity index (χ2v) is 14.0. The van der Waals surface area contributed by atoms with Crippen LogP contribution < -0.4 is 91.4 Å². The summed E-state index contributed by atoms with van der Waals surface area (Å²) in [7, 11) is 2.54. The normalized spacial score (nSPS) is 21.7. The maximum absolute atomic E-state index is 12.5. The van der Waals surface area contributed by atoms with Crippen molar-refractivity contribution in [2.45, 2.75) is 22.8 Å². The maximum atomic E-state index is 12.5. The fourth-order valence-corrected chi connectivity index (χ4v) is 8.35. The quantitative estimate of drug-likeness (QED) is 0.0750. The Morgan fingerprint density at radius 1 is 0.769 bits per heavy atom. The van der Waals surface area contributed by atoms with Crippen molar-refractivity contribution in [3.63, 3.8) is 0 Å². The molecule has 0 aromatic carbocycles. The number of anilines is 2. The van der Waals surface area contributed by atoms with Crippen LogP contribution >= 0.6 is 46.2 Å². The SMILES string of the molecule is CON=C(C(=O)NC1C(=O)N2C(C(=O)[O-])=CCSC12)c1csc(N)n1.CON=C(C(=O)NC1C(=O)N2C(C(=O)[O-])=CCSC12)c1csc(N)n1.[Na+].[Na+]. The van der Waals surface area contributed by atoms with Crippen molar-refractivity contribution < 1.29 is 108 Å². The van der Waals surface area contributed by atoms with E-state index in [0.29, 0.717) is 11.5 Å². The number of amides is 4. The molecule has 0 radical (unpaired) electrons. The summed E-state index contributed by atoms with van der Waals surface area (Å²) in [4.78, 5) is 91.0. The smallest absolute Gasteiger partial charge is 0.543 e. The molecule has 4 aliphatic rings. The zero-order chi connectivity index (χ0) is 36.3. The third kappa shape index (κ3) is 8.94. The van der Waals surface area contributed by atoms with Gasteiger partial charge < -0.3 is 51.6 Å². The van der Waals surface area contributed by atoms with E-state index in [0.717, 1.165) is 32.5 Å². The van der Waals surface area contributed by atoms with Crippen LogP contribution in [0, 0.1) is 0 Å². The number of thioether (sulfide) groups is 2. The predicted molar refractivity (Wildman–Crippen MR) is 176 cm³/mol. The van der Waals surface area contributed by atoms with Gasteiger partial charge in [0.05, 0.1) is 23.3 Å². The van der Waals surface area contributed by atoms with Gasteiger partial charge in [0, 0.05) is 22.3 Å². The van der Waals surface area contributed by atoms with Gasteiger partial charge in [-0.25, -0.2) is 9.97 Å². The van der Waals surface area contributed by atoms with Crippen molar-refractivity contribution in [2.24, 2.45) is 10.3 Å². The van der Waals surface area contributed by atoms with Gasteiger partial charge in [-0.3, -0.25) is 29.0 Å². The Kier molecular flexibility index (Phi) is 15.5. The average Bonchev–Trinajstić information content (AvgIpc) is 3.73. The number of aliphatic carboxylic acids is 2. The number of nitrogens with one attached hydrogen (secondary N) is 2. The van der Waals surface area contributed by atoms with Gasteiger partial charge in [0.2, 0.25) is 0 Å². The Bertz CT molecular complexity index is 1750. The number of carbonyl (C=O) groups excluding carboxylic acids is 6. The van der Waals surface area contributed by atoms with Crippen LogP contribution in [0.4, 0.5) is 10.3 Å². The molecule has 4 atom stereocenters. The van der Waals surface area contributed by atoms with Gasteiger partial charge in [0.25, 0.3) is 23.6 Å². The Morgan fingerprint density at radius 3 is 1.42 bits per heavy atom. The van der Waals surface area contributed by atoms with Crippen LogP contribution in [-0.2, 0) is 38.4 Å². The molecule has 4 amide bonds. The third-order valence-corrected chi connectivity index (χ3v) is 10.7. The molecule has 2 saturated heterocycles. The largest absolute Gasteiger partial charge is 1.00 e. The molecule has 6 N–H and O–H groups in total. The van der Waals surface area contributed by atoms with Crippen molar-refractivity contribution in [1.82, 2.24) is 30.4 Å². The van der Waals surface area contributed by atoms with Crippen LogP contribution in [0.5, 0.6) is 0 Å². The molecule has 6 rings (SSSR count). The molecule has 4 aliphatic heterocycles. The van der Waals surface area contributed by atoms with Gasteiger partial charge in [-0.2, -0.15) is 0 Å². The molecule has 52 heavy (non-hydrogen) atoms. The van der Waals surface area contributed by atoms with E-state index in [2.05, 4.69) is 40.6 Å². The first-order valence-corrected chi connectivity index (χ1v) is 17.7. The van der Waals surface area contributed by atoms with Crippen LogP contribution in [0.2, 0.25) is 0 Å². The van der Waals surface area contributed by atoms with Crippen LogP contribution in [0.3, 0.4) is 0 Å². The third-order valence-electron chi connectivity index (χ3n) is 7.01. The van der Waals surface area contributed by atoms with E-state index < -0.39 is 58.4 Å². The summed E-state index contributed by atoms with van der Waals surface area (Å²) in [5, 5.41) is 37.1. The molecule has 0 saturated carbocycles. The number of rotatable bonds is 10. The number of oxime groups is 2. The van der Waals surface area contributed by atoms with E-state index in [1.807, 2.05) is 0 Å². The summed E-state index contributed by atoms with van der Waals surface area (Å²) in [5.74, 6) is -4.47. The predicted octanol–water partition coefficient (Wildman–Crippen LogP) is -9.77. The molecule has 4 unspecified atom stereocenters. The first-order chi connectivity index (χ1) is 23.9. The number of nitrogen functional groups attached to an aromatic ring is 2. The van der Waals surface area contributed by atoms with Crippen LogP contribution in [0.25, 0.3) is 0 Å². The number of carboxylic acids is 2. The Balaban J connectivity index is 0.000000270. The van der Waals surface area contributed by atoms with E-state index in [-0.39, 0.29) is 104 Å². The molecule has 26 heteroatoms. The number of β-lactam (4-membered cyclic amide) rings is 2. The number of hydrogen-bond donors (Lipinski definition) is 4. The number of carboxylic acid groups (broad SMARTS) is 2. The molecule has 2 fully saturated rings. The van der Waals surface area contributed by atoms with Gasteiger partial charge >= 0.3 is 59.1 Å². The van der Waals surface area contributed by atoms with Crippen LogP contribution in [0.1, 0.15) is 11.4 Å². The molecular weight excluding hydrogens is 787 g/mol. The maximum Gasteiger partial charge on any atom is 1.00 e. The molecule has 264 valence electrons. The van der Waals surface area contributed by atoms with E-state index in [9.17, 15) is 39.0 Å². The van der Waals surface area contributed by atoms with Crippen LogP contribution in [-0.4, -0.2) is 115 Å². The number of nitrogens with two attached hydrogens (primary N) is 2. The minimum Gasteiger partial charge on any atom is -0.543 e. The summed E-state index contributed by atoms with van der Waals surface area (Å²) >= 11 is 4.92. The summed E-state index contributed by atoms with van der Waals surface area (Å²) in [5.41, 5.74) is 10.9. The number of nitrogens with zero attached hydrogens (tertiary/aromatic N) is 6. The van der Waals surface area contributed by atoms with Crippen molar-refractivity contribution in [1.29, 1.82) is 0 Å². The second-order valence-electron chi connectivity index (χ2n) is 9.91. The topological polar surface area (TPSA) is 300 Å². The first-order valence-electron chi connectivity index (χ1n) is 13.9. The number of carbonyl (C=O) groups is 6. The number of hydrogen-bond acceptors (Lipinski definition) is 20. The number of aromatic nitrogens is 2. The summed E-state index contributed by atoms with van der Waals surface area (Å²) < 4.78 is 0. The van der Waals surface area contributed by atoms with E-state index >= 15 is 0 Å². The van der Waals surface area contributed by atoms with E-state index in [4.69, 9.17) is 11.5 Å². The molecule has 0 aliphatic carbocycles. The van der Waals surface area contributed by atoms with E-state index in [1.165, 1.54) is 60.7 Å². The number of fused-ring (bicyclic) bond motifs is 2. The molecule has 6 heterocycles. The first kappa shape index (κ1) is 43.2. The van der Waals surface area contributed by atoms with Crippen LogP contribution in [0.15, 0.2) is 44.6 Å². The Morgan fingerprint density at radius 2 is 1.13 bits per heavy atom. The second kappa shape index (κ2) is 18.7. The summed E-state index contributed by atoms with van der Waals surface area (Å²) in [6, 6.07) is -1.75. The minimum atomic E-state index is -1.43. The minimum absolute atomic E-state index is 0. The fraction of sp³-hybridized carbons (Fsp3) is 0.308. The van der Waals surface area contributed by atoms with Gasteiger partial charge in [-0.15, -0.1) is 46.2 Å². The molecule has 2 aromatic rings. The Hall–Kier alpha value is -3.20. The standard InChI is InChI=1S/2C13H13N5O5S2.2Na/c2*1-23-17-7(5-4-25-13(14)15-5)9(19)16-8-10(20)18-6(12(21)22)2-3-24-11(8)18;;/h2*2,4,8,11H,3H2,1H3,(H2,14,15)(H,16,19)(H,21,22);;/q;;2*+1/p-2. The zero-order valence-corrected chi connectivity index (χ0v) is 34.9. The molecular formula is C26H24N10Na2O10S4. The van der Waals surface area contributed by atoms with Crippen molar-refractivity contribution in [3.05, 3.63) is 45.7 Å².